The van der Waals surface area contributed by atoms with Gasteiger partial charge in [0.15, 0.2) is 0 Å². The molecule has 13 heavy (non-hydrogen) atoms. The zero-order chi connectivity index (χ0) is 9.26. The van der Waals surface area contributed by atoms with Gasteiger partial charge in [0.2, 0.25) is 0 Å². The fraction of sp³-hybridized carbons (Fsp3) is 0.400. The van der Waals surface area contributed by atoms with Crippen molar-refractivity contribution in [2.24, 2.45) is 0 Å². The molecule has 1 aliphatic heterocycles. The number of likely N-dealkylation sites (N-methyl/N-ethyl adjacent to an activating group) is 1. The Morgan fingerprint density at radius 1 is 1.54 bits per heavy atom. The maximum Gasteiger partial charge on any atom is 0.125 e. The Morgan fingerprint density at radius 3 is 3.00 bits per heavy atom. The monoisotopic (exact) mass is 178 g/mol. The number of anilines is 1. The summed E-state index contributed by atoms with van der Waals surface area (Å²) in [6.45, 7) is 0. The molecule has 1 aromatic rings. The maximum atomic E-state index is 9.56. The predicted octanol–water partition coefficient (Wildman–Crippen LogP) is 0.561. The summed E-state index contributed by atoms with van der Waals surface area (Å²) in [6, 6.07) is 8.25. The summed E-state index contributed by atoms with van der Waals surface area (Å²) in [5.74, 6) is 0. The Balaban J connectivity index is 2.14. The normalized spacial score (nSPS) is 22.2. The van der Waals surface area contributed by atoms with Crippen LogP contribution in [0, 0.1) is 0 Å². The molecular weight excluding hydrogens is 164 g/mol. The minimum absolute atomic E-state index is 0.0994. The smallest absolute Gasteiger partial charge is 0.125 e. The number of benzene rings is 1. The predicted molar refractivity (Wildman–Crippen MR) is 52.6 cm³/mol. The van der Waals surface area contributed by atoms with E-state index in [1.54, 1.807) is 7.05 Å². The van der Waals surface area contributed by atoms with Gasteiger partial charge in [-0.25, -0.2) is 0 Å². The van der Waals surface area contributed by atoms with Crippen LogP contribution in [0.2, 0.25) is 0 Å². The second kappa shape index (κ2) is 3.36. The van der Waals surface area contributed by atoms with Crippen molar-refractivity contribution >= 4 is 5.69 Å². The summed E-state index contributed by atoms with van der Waals surface area (Å²) in [5.41, 5.74) is 2.42. The van der Waals surface area contributed by atoms with Crippen LogP contribution in [0.4, 0.5) is 5.69 Å². The van der Waals surface area contributed by atoms with Crippen molar-refractivity contribution in [3.05, 3.63) is 29.8 Å². The number of aliphatic hydroxyl groups is 1. The molecule has 0 fully saturated rings. The molecule has 0 saturated carbocycles. The number of hydrogen-bond acceptors (Lipinski definition) is 3. The number of fused-ring (bicyclic) bond motifs is 1. The van der Waals surface area contributed by atoms with Crippen LogP contribution in [0.5, 0.6) is 0 Å². The van der Waals surface area contributed by atoms with E-state index in [2.05, 4.69) is 16.7 Å². The van der Waals surface area contributed by atoms with Gasteiger partial charge in [-0.1, -0.05) is 18.2 Å². The highest BCUT2D eigenvalue weighted by Gasteiger charge is 2.24. The van der Waals surface area contributed by atoms with Crippen LogP contribution in [-0.2, 0) is 6.42 Å². The van der Waals surface area contributed by atoms with Gasteiger partial charge in [-0.15, -0.1) is 0 Å². The molecule has 0 aliphatic carbocycles. The first-order chi connectivity index (χ1) is 6.31. The number of para-hydroxylation sites is 1. The van der Waals surface area contributed by atoms with Gasteiger partial charge in [-0.05, 0) is 25.1 Å². The Labute approximate surface area is 77.8 Å². The van der Waals surface area contributed by atoms with E-state index in [4.69, 9.17) is 0 Å². The minimum atomic E-state index is -0.479. The average Bonchev–Trinajstić information content (AvgIpc) is 2.59. The van der Waals surface area contributed by atoms with Crippen molar-refractivity contribution in [2.45, 2.75) is 18.7 Å². The lowest BCUT2D eigenvalue weighted by Gasteiger charge is -2.17. The highest BCUT2D eigenvalue weighted by atomic mass is 16.3. The van der Waals surface area contributed by atoms with Crippen molar-refractivity contribution in [1.82, 2.24) is 5.32 Å². The number of hydrogen-bond donors (Lipinski definition) is 3. The lowest BCUT2D eigenvalue weighted by molar-refractivity contribution is 0.127. The van der Waals surface area contributed by atoms with Crippen LogP contribution < -0.4 is 10.6 Å². The summed E-state index contributed by atoms with van der Waals surface area (Å²) in [6.07, 6.45) is 0.408. The molecule has 1 heterocycles. The standard InChI is InChI=1S/C10H14N2O/c1-11-10(13)9-6-7-4-2-3-5-8(7)12-9/h2-5,9-13H,6H2,1H3/t9-,10?/m0/s1. The van der Waals surface area contributed by atoms with Crippen LogP contribution in [0.3, 0.4) is 0 Å². The van der Waals surface area contributed by atoms with Gasteiger partial charge in [-0.2, -0.15) is 0 Å². The van der Waals surface area contributed by atoms with E-state index in [1.165, 1.54) is 5.56 Å². The topological polar surface area (TPSA) is 44.3 Å². The highest BCUT2D eigenvalue weighted by Crippen LogP contribution is 2.25. The zero-order valence-corrected chi connectivity index (χ0v) is 7.62. The zero-order valence-electron chi connectivity index (χ0n) is 7.62. The summed E-state index contributed by atoms with van der Waals surface area (Å²) in [5, 5.41) is 15.7. The highest BCUT2D eigenvalue weighted by molar-refractivity contribution is 5.56. The first kappa shape index (κ1) is 8.53. The van der Waals surface area contributed by atoms with Crippen LogP contribution in [0.25, 0.3) is 0 Å². The van der Waals surface area contributed by atoms with Crippen molar-refractivity contribution in [2.75, 3.05) is 12.4 Å². The van der Waals surface area contributed by atoms with E-state index in [9.17, 15) is 5.11 Å². The molecule has 0 saturated heterocycles. The Hall–Kier alpha value is -1.06. The van der Waals surface area contributed by atoms with Crippen LogP contribution >= 0.6 is 0 Å². The minimum Gasteiger partial charge on any atom is -0.378 e. The third-order valence-corrected chi connectivity index (χ3v) is 2.47. The van der Waals surface area contributed by atoms with Gasteiger partial charge in [-0.3, -0.25) is 5.32 Å². The van der Waals surface area contributed by atoms with E-state index in [-0.39, 0.29) is 6.04 Å². The average molecular weight is 178 g/mol. The molecule has 3 N–H and O–H groups in total. The molecule has 2 rings (SSSR count). The van der Waals surface area contributed by atoms with Crippen LogP contribution in [-0.4, -0.2) is 24.4 Å². The van der Waals surface area contributed by atoms with E-state index in [0.29, 0.717) is 0 Å². The van der Waals surface area contributed by atoms with Gasteiger partial charge in [0, 0.05) is 5.69 Å². The molecule has 2 atom stereocenters. The summed E-state index contributed by atoms with van der Waals surface area (Å²) >= 11 is 0. The van der Waals surface area contributed by atoms with Gasteiger partial charge < -0.3 is 10.4 Å². The molecular formula is C10H14N2O. The molecule has 0 aromatic heterocycles. The summed E-state index contributed by atoms with van der Waals surface area (Å²) in [7, 11) is 1.76. The summed E-state index contributed by atoms with van der Waals surface area (Å²) < 4.78 is 0. The van der Waals surface area contributed by atoms with E-state index in [1.807, 2.05) is 18.2 Å². The molecule has 3 heteroatoms. The van der Waals surface area contributed by atoms with E-state index in [0.717, 1.165) is 12.1 Å². The van der Waals surface area contributed by atoms with E-state index < -0.39 is 6.23 Å². The van der Waals surface area contributed by atoms with E-state index >= 15 is 0 Å². The first-order valence-electron chi connectivity index (χ1n) is 4.51. The molecule has 3 nitrogen and oxygen atoms in total. The molecule has 0 spiro atoms. The summed E-state index contributed by atoms with van der Waals surface area (Å²) in [4.78, 5) is 0. The second-order valence-corrected chi connectivity index (χ2v) is 3.35. The van der Waals surface area contributed by atoms with Crippen molar-refractivity contribution < 1.29 is 5.11 Å². The second-order valence-electron chi connectivity index (χ2n) is 3.35. The van der Waals surface area contributed by atoms with Crippen molar-refractivity contribution in [3.63, 3.8) is 0 Å². The van der Waals surface area contributed by atoms with Gasteiger partial charge in [0.1, 0.15) is 6.23 Å². The Bertz CT molecular complexity index is 276. The Morgan fingerprint density at radius 2 is 2.31 bits per heavy atom. The molecule has 0 amide bonds. The van der Waals surface area contributed by atoms with Gasteiger partial charge in [0.05, 0.1) is 6.04 Å². The van der Waals surface area contributed by atoms with Crippen LogP contribution in [0.15, 0.2) is 24.3 Å². The van der Waals surface area contributed by atoms with Gasteiger partial charge in [0.25, 0.3) is 0 Å². The SMILES string of the molecule is CNC(O)[C@@H]1Cc2ccccc2N1. The molecule has 1 unspecified atom stereocenters. The molecule has 0 bridgehead atoms. The fourth-order valence-electron chi connectivity index (χ4n) is 1.72. The van der Waals surface area contributed by atoms with Crippen molar-refractivity contribution in [1.29, 1.82) is 0 Å². The number of nitrogens with one attached hydrogen (secondary N) is 2. The number of rotatable bonds is 2. The Kier molecular flexibility index (Phi) is 2.20. The molecule has 70 valence electrons. The third-order valence-electron chi connectivity index (χ3n) is 2.47. The van der Waals surface area contributed by atoms with Crippen molar-refractivity contribution in [3.8, 4) is 0 Å². The quantitative estimate of drug-likeness (QED) is 0.580. The lowest BCUT2D eigenvalue weighted by Crippen LogP contribution is -2.41. The van der Waals surface area contributed by atoms with Crippen LogP contribution in [0.1, 0.15) is 5.56 Å². The first-order valence-corrected chi connectivity index (χ1v) is 4.51. The maximum absolute atomic E-state index is 9.56. The fourth-order valence-corrected chi connectivity index (χ4v) is 1.72. The molecule has 1 aromatic carbocycles. The largest absolute Gasteiger partial charge is 0.378 e. The molecule has 1 aliphatic rings. The number of aliphatic hydroxyl groups excluding tert-OH is 1. The molecule has 0 radical (unpaired) electrons. The lowest BCUT2D eigenvalue weighted by atomic mass is 10.1. The van der Waals surface area contributed by atoms with Gasteiger partial charge >= 0.3 is 0 Å². The third kappa shape index (κ3) is 1.53.